The van der Waals surface area contributed by atoms with Crippen LogP contribution in [-0.4, -0.2) is 30.6 Å². The first-order valence-electron chi connectivity index (χ1n) is 5.71. The molecular weight excluding hydrogens is 220 g/mol. The molecule has 88 valence electrons. The van der Waals surface area contributed by atoms with Crippen LogP contribution in [0.3, 0.4) is 0 Å². The number of aliphatic imine (C=N–C) groups is 1. The van der Waals surface area contributed by atoms with Crippen molar-refractivity contribution in [2.24, 2.45) is 4.99 Å². The van der Waals surface area contributed by atoms with Crippen LogP contribution in [0.25, 0.3) is 0 Å². The van der Waals surface area contributed by atoms with Gasteiger partial charge in [0, 0.05) is 30.9 Å². The Morgan fingerprint density at radius 1 is 1.44 bits per heavy atom. The number of aromatic nitrogens is 1. The average Bonchev–Trinajstić information content (AvgIpc) is 2.59. The molecule has 1 aromatic heterocycles. The van der Waals surface area contributed by atoms with Crippen LogP contribution < -0.4 is 10.6 Å². The zero-order valence-corrected chi connectivity index (χ0v) is 10.7. The van der Waals surface area contributed by atoms with Gasteiger partial charge in [-0.05, 0) is 20.3 Å². The van der Waals surface area contributed by atoms with E-state index >= 15 is 0 Å². The molecule has 16 heavy (non-hydrogen) atoms. The van der Waals surface area contributed by atoms with Gasteiger partial charge in [-0.1, -0.05) is 0 Å². The molecule has 0 atom stereocenters. The van der Waals surface area contributed by atoms with Gasteiger partial charge >= 0.3 is 0 Å². The van der Waals surface area contributed by atoms with Crippen molar-refractivity contribution in [2.75, 3.05) is 19.6 Å². The Bertz CT molecular complexity index is 383. The van der Waals surface area contributed by atoms with Crippen molar-refractivity contribution in [3.63, 3.8) is 0 Å². The molecule has 0 saturated heterocycles. The van der Waals surface area contributed by atoms with Gasteiger partial charge in [0.2, 0.25) is 0 Å². The molecule has 0 bridgehead atoms. The monoisotopic (exact) mass is 238 g/mol. The third-order valence-electron chi connectivity index (χ3n) is 2.54. The smallest absolute Gasteiger partial charge is 0.191 e. The highest BCUT2D eigenvalue weighted by Crippen LogP contribution is 2.16. The summed E-state index contributed by atoms with van der Waals surface area (Å²) >= 11 is 1.79. The minimum absolute atomic E-state index is 0.925. The second kappa shape index (κ2) is 5.30. The van der Waals surface area contributed by atoms with E-state index in [0.717, 1.165) is 43.4 Å². The zero-order valence-electron chi connectivity index (χ0n) is 9.84. The first-order valence-corrected chi connectivity index (χ1v) is 6.52. The summed E-state index contributed by atoms with van der Waals surface area (Å²) in [6, 6.07) is 0. The third-order valence-corrected chi connectivity index (χ3v) is 3.67. The molecule has 0 fully saturated rings. The van der Waals surface area contributed by atoms with E-state index in [0.29, 0.717) is 0 Å². The summed E-state index contributed by atoms with van der Waals surface area (Å²) in [7, 11) is 0. The van der Waals surface area contributed by atoms with E-state index in [1.54, 1.807) is 11.3 Å². The summed E-state index contributed by atoms with van der Waals surface area (Å²) in [5.74, 6) is 0.949. The maximum Gasteiger partial charge on any atom is 0.191 e. The lowest BCUT2D eigenvalue weighted by molar-refractivity contribution is 0.700. The molecule has 0 amide bonds. The van der Waals surface area contributed by atoms with Crippen LogP contribution in [0.4, 0.5) is 0 Å². The Kier molecular flexibility index (Phi) is 3.77. The number of hydrogen-bond donors (Lipinski definition) is 2. The third kappa shape index (κ3) is 2.95. The molecule has 0 saturated carbocycles. The van der Waals surface area contributed by atoms with Gasteiger partial charge in [0.25, 0.3) is 0 Å². The SMILES string of the molecule is Cc1nc(C)c(CCNC2=NCCCN2)s1. The van der Waals surface area contributed by atoms with Gasteiger partial charge in [-0.15, -0.1) is 11.3 Å². The molecule has 0 aromatic carbocycles. The number of aryl methyl sites for hydroxylation is 2. The molecule has 5 heteroatoms. The normalized spacial score (nSPS) is 15.5. The average molecular weight is 238 g/mol. The number of nitrogens with zero attached hydrogens (tertiary/aromatic N) is 2. The van der Waals surface area contributed by atoms with Crippen LogP contribution in [0.15, 0.2) is 4.99 Å². The fraction of sp³-hybridized carbons (Fsp3) is 0.636. The lowest BCUT2D eigenvalue weighted by Crippen LogP contribution is -2.41. The number of hydrogen-bond acceptors (Lipinski definition) is 5. The van der Waals surface area contributed by atoms with Crippen LogP contribution in [-0.2, 0) is 6.42 Å². The van der Waals surface area contributed by atoms with E-state index in [2.05, 4.69) is 34.5 Å². The molecule has 0 radical (unpaired) electrons. The molecule has 1 aliphatic heterocycles. The van der Waals surface area contributed by atoms with Gasteiger partial charge in [-0.25, -0.2) is 4.98 Å². The van der Waals surface area contributed by atoms with E-state index in [1.165, 1.54) is 10.6 Å². The predicted octanol–water partition coefficient (Wildman–Crippen LogP) is 1.24. The summed E-state index contributed by atoms with van der Waals surface area (Å²) in [6.07, 6.45) is 2.16. The summed E-state index contributed by atoms with van der Waals surface area (Å²) in [5, 5.41) is 7.73. The molecule has 0 aliphatic carbocycles. The van der Waals surface area contributed by atoms with Crippen LogP contribution in [0, 0.1) is 13.8 Å². The van der Waals surface area contributed by atoms with Crippen molar-refractivity contribution >= 4 is 17.3 Å². The van der Waals surface area contributed by atoms with E-state index in [-0.39, 0.29) is 0 Å². The minimum atomic E-state index is 0.925. The standard InChI is InChI=1S/C11H18N4S/c1-8-10(16-9(2)15-8)4-7-14-11-12-5-3-6-13-11/h3-7H2,1-2H3,(H2,12,13,14). The van der Waals surface area contributed by atoms with Crippen molar-refractivity contribution in [3.05, 3.63) is 15.6 Å². The van der Waals surface area contributed by atoms with Crippen LogP contribution in [0.2, 0.25) is 0 Å². The molecule has 0 unspecified atom stereocenters. The van der Waals surface area contributed by atoms with E-state index < -0.39 is 0 Å². The van der Waals surface area contributed by atoms with Gasteiger partial charge in [-0.2, -0.15) is 0 Å². The lowest BCUT2D eigenvalue weighted by atomic mass is 10.3. The highest BCUT2D eigenvalue weighted by atomic mass is 32.1. The van der Waals surface area contributed by atoms with Crippen LogP contribution in [0.5, 0.6) is 0 Å². The molecular formula is C11H18N4S. The van der Waals surface area contributed by atoms with Gasteiger partial charge in [0.05, 0.1) is 10.7 Å². The Labute approximate surface area is 100 Å². The zero-order chi connectivity index (χ0) is 11.4. The predicted molar refractivity (Wildman–Crippen MR) is 68.2 cm³/mol. The second-order valence-electron chi connectivity index (χ2n) is 3.93. The Hall–Kier alpha value is -1.10. The first kappa shape index (κ1) is 11.4. The topological polar surface area (TPSA) is 49.3 Å². The van der Waals surface area contributed by atoms with E-state index in [9.17, 15) is 0 Å². The summed E-state index contributed by atoms with van der Waals surface area (Å²) in [5.41, 5.74) is 1.17. The maximum atomic E-state index is 4.42. The fourth-order valence-corrected chi connectivity index (χ4v) is 2.69. The number of nitrogens with one attached hydrogen (secondary N) is 2. The first-order chi connectivity index (χ1) is 7.75. The molecule has 2 N–H and O–H groups in total. The van der Waals surface area contributed by atoms with Gasteiger partial charge in [0.15, 0.2) is 5.96 Å². The number of guanidine groups is 1. The van der Waals surface area contributed by atoms with Gasteiger partial charge < -0.3 is 10.6 Å². The van der Waals surface area contributed by atoms with Crippen molar-refractivity contribution in [2.45, 2.75) is 26.7 Å². The largest absolute Gasteiger partial charge is 0.356 e. The number of thiazole rings is 1. The highest BCUT2D eigenvalue weighted by molar-refractivity contribution is 7.11. The molecule has 1 aromatic rings. The summed E-state index contributed by atoms with van der Waals surface area (Å²) < 4.78 is 0. The molecule has 4 nitrogen and oxygen atoms in total. The summed E-state index contributed by atoms with van der Waals surface area (Å²) in [4.78, 5) is 10.2. The number of rotatable bonds is 3. The van der Waals surface area contributed by atoms with Crippen LogP contribution >= 0.6 is 11.3 Å². The van der Waals surface area contributed by atoms with Gasteiger partial charge in [0.1, 0.15) is 0 Å². The molecule has 2 rings (SSSR count). The van der Waals surface area contributed by atoms with Crippen LogP contribution in [0.1, 0.15) is 22.0 Å². The van der Waals surface area contributed by atoms with E-state index in [1.807, 2.05) is 0 Å². The van der Waals surface area contributed by atoms with Crippen molar-refractivity contribution in [1.82, 2.24) is 15.6 Å². The summed E-state index contributed by atoms with van der Waals surface area (Å²) in [6.45, 7) is 7.03. The van der Waals surface area contributed by atoms with E-state index in [4.69, 9.17) is 0 Å². The van der Waals surface area contributed by atoms with Gasteiger partial charge in [-0.3, -0.25) is 4.99 Å². The van der Waals surface area contributed by atoms with Crippen molar-refractivity contribution < 1.29 is 0 Å². The minimum Gasteiger partial charge on any atom is -0.356 e. The Balaban J connectivity index is 1.79. The molecule has 0 spiro atoms. The second-order valence-corrected chi connectivity index (χ2v) is 5.22. The Morgan fingerprint density at radius 3 is 2.94 bits per heavy atom. The molecule has 1 aliphatic rings. The van der Waals surface area contributed by atoms with Crippen molar-refractivity contribution in [1.29, 1.82) is 0 Å². The fourth-order valence-electron chi connectivity index (χ4n) is 1.75. The lowest BCUT2D eigenvalue weighted by Gasteiger charge is -2.15. The van der Waals surface area contributed by atoms with Crippen molar-refractivity contribution in [3.8, 4) is 0 Å². The Morgan fingerprint density at radius 2 is 2.31 bits per heavy atom. The highest BCUT2D eigenvalue weighted by Gasteiger charge is 2.06. The molecule has 2 heterocycles. The quantitative estimate of drug-likeness (QED) is 0.833. The maximum absolute atomic E-state index is 4.42.